The van der Waals surface area contributed by atoms with E-state index < -0.39 is 10.0 Å². The van der Waals surface area contributed by atoms with Crippen LogP contribution < -0.4 is 4.72 Å². The van der Waals surface area contributed by atoms with Gasteiger partial charge in [-0.05, 0) is 36.1 Å². The predicted octanol–water partition coefficient (Wildman–Crippen LogP) is 3.55. The van der Waals surface area contributed by atoms with Gasteiger partial charge >= 0.3 is 0 Å². The molecule has 17 heavy (non-hydrogen) atoms. The number of halogens is 1. The molecule has 0 amide bonds. The molecule has 0 fully saturated rings. The zero-order chi connectivity index (χ0) is 13.3. The van der Waals surface area contributed by atoms with E-state index in [-0.39, 0.29) is 11.2 Å². The maximum atomic E-state index is 11.9. The maximum absolute atomic E-state index is 11.9. The van der Waals surface area contributed by atoms with E-state index in [9.17, 15) is 8.42 Å². The highest BCUT2D eigenvalue weighted by molar-refractivity contribution is 9.10. The van der Waals surface area contributed by atoms with Crippen LogP contribution in [0.1, 0.15) is 26.3 Å². The summed E-state index contributed by atoms with van der Waals surface area (Å²) in [6.45, 7) is 7.59. The van der Waals surface area contributed by atoms with Crippen LogP contribution in [0.4, 0.5) is 5.69 Å². The lowest BCUT2D eigenvalue weighted by molar-refractivity contribution is 0.463. The molecule has 96 valence electrons. The molecule has 0 heterocycles. The summed E-state index contributed by atoms with van der Waals surface area (Å²) >= 11 is 3.35. The molecule has 0 radical (unpaired) electrons. The highest BCUT2D eigenvalue weighted by Crippen LogP contribution is 2.23. The topological polar surface area (TPSA) is 46.2 Å². The normalized spacial score (nSPS) is 12.5. The van der Waals surface area contributed by atoms with E-state index in [1.807, 2.05) is 39.8 Å². The summed E-state index contributed by atoms with van der Waals surface area (Å²) in [5.41, 5.74) is 1.28. The van der Waals surface area contributed by atoms with Gasteiger partial charge in [-0.15, -0.1) is 0 Å². The fraction of sp³-hybridized carbons (Fsp3) is 0.500. The molecule has 0 atom stereocenters. The van der Waals surface area contributed by atoms with Gasteiger partial charge in [0.05, 0.1) is 11.4 Å². The molecule has 0 aliphatic heterocycles. The summed E-state index contributed by atoms with van der Waals surface area (Å²) in [6.07, 6.45) is 0. The fourth-order valence-electron chi connectivity index (χ4n) is 1.52. The van der Waals surface area contributed by atoms with E-state index >= 15 is 0 Å². The summed E-state index contributed by atoms with van der Waals surface area (Å²) in [5.74, 6) is 0.107. The van der Waals surface area contributed by atoms with Gasteiger partial charge in [-0.3, -0.25) is 4.72 Å². The molecule has 0 aromatic heterocycles. The zero-order valence-electron chi connectivity index (χ0n) is 10.5. The van der Waals surface area contributed by atoms with Crippen LogP contribution in [0.5, 0.6) is 0 Å². The Labute approximate surface area is 112 Å². The van der Waals surface area contributed by atoms with Crippen molar-refractivity contribution in [3.63, 3.8) is 0 Å². The summed E-state index contributed by atoms with van der Waals surface area (Å²) in [6, 6.07) is 5.47. The first-order chi connectivity index (χ1) is 7.59. The lowest BCUT2D eigenvalue weighted by Gasteiger charge is -2.19. The number of anilines is 1. The first-order valence-electron chi connectivity index (χ1n) is 5.36. The number of sulfonamides is 1. The van der Waals surface area contributed by atoms with Crippen molar-refractivity contribution >= 4 is 31.6 Å². The Kier molecular flexibility index (Phi) is 4.25. The van der Waals surface area contributed by atoms with E-state index in [1.165, 1.54) is 0 Å². The first-order valence-corrected chi connectivity index (χ1v) is 7.80. The van der Waals surface area contributed by atoms with Gasteiger partial charge in [0.2, 0.25) is 10.0 Å². The number of aryl methyl sites for hydroxylation is 1. The molecule has 0 saturated carbocycles. The monoisotopic (exact) mass is 319 g/mol. The van der Waals surface area contributed by atoms with Crippen molar-refractivity contribution in [1.29, 1.82) is 0 Å². The number of hydrogen-bond acceptors (Lipinski definition) is 2. The number of nitrogens with one attached hydrogen (secondary N) is 1. The number of rotatable bonds is 3. The summed E-state index contributed by atoms with van der Waals surface area (Å²) < 4.78 is 27.4. The van der Waals surface area contributed by atoms with Gasteiger partial charge in [0, 0.05) is 4.47 Å². The minimum Gasteiger partial charge on any atom is -0.283 e. The van der Waals surface area contributed by atoms with E-state index in [4.69, 9.17) is 0 Å². The van der Waals surface area contributed by atoms with Crippen molar-refractivity contribution in [2.45, 2.75) is 27.7 Å². The molecule has 1 N–H and O–H groups in total. The standard InChI is InChI=1S/C12H18BrNO2S/c1-9-7-10(13)5-6-11(9)14-17(15,16)8-12(2,3)4/h5-7,14H,8H2,1-4H3. The van der Waals surface area contributed by atoms with Gasteiger partial charge in [-0.2, -0.15) is 0 Å². The lowest BCUT2D eigenvalue weighted by Crippen LogP contribution is -2.26. The molecule has 1 aromatic carbocycles. The zero-order valence-corrected chi connectivity index (χ0v) is 12.9. The molecule has 0 aliphatic carbocycles. The lowest BCUT2D eigenvalue weighted by atomic mass is 10.0. The minimum absolute atomic E-state index is 0.107. The van der Waals surface area contributed by atoms with Gasteiger partial charge < -0.3 is 0 Å². The molecule has 5 heteroatoms. The van der Waals surface area contributed by atoms with Gasteiger partial charge in [-0.25, -0.2) is 8.42 Å². The van der Waals surface area contributed by atoms with E-state index in [1.54, 1.807) is 6.07 Å². The molecule has 0 spiro atoms. The summed E-state index contributed by atoms with van der Waals surface area (Å²) in [4.78, 5) is 0. The fourth-order valence-corrected chi connectivity index (χ4v) is 3.77. The molecule has 0 aliphatic rings. The van der Waals surface area contributed by atoms with Crippen LogP contribution in [0.25, 0.3) is 0 Å². The summed E-state index contributed by atoms with van der Waals surface area (Å²) in [5, 5.41) is 0. The molecular formula is C12H18BrNO2S. The SMILES string of the molecule is Cc1cc(Br)ccc1NS(=O)(=O)CC(C)(C)C. The third-order valence-electron chi connectivity index (χ3n) is 2.08. The Balaban J connectivity index is 2.91. The third-order valence-corrected chi connectivity index (χ3v) is 4.35. The third kappa shape index (κ3) is 5.08. The minimum atomic E-state index is -3.29. The average Bonchev–Trinajstić information content (AvgIpc) is 2.05. The Morgan fingerprint density at radius 1 is 1.29 bits per heavy atom. The molecular weight excluding hydrogens is 302 g/mol. The van der Waals surface area contributed by atoms with E-state index in [2.05, 4.69) is 20.7 Å². The van der Waals surface area contributed by atoms with Crippen LogP contribution in [0.15, 0.2) is 22.7 Å². The number of hydrogen-bond donors (Lipinski definition) is 1. The van der Waals surface area contributed by atoms with Crippen molar-refractivity contribution in [1.82, 2.24) is 0 Å². The van der Waals surface area contributed by atoms with Gasteiger partial charge in [-0.1, -0.05) is 36.7 Å². The van der Waals surface area contributed by atoms with Gasteiger partial charge in [0.15, 0.2) is 0 Å². The maximum Gasteiger partial charge on any atom is 0.233 e. The number of benzene rings is 1. The van der Waals surface area contributed by atoms with Crippen LogP contribution in [0, 0.1) is 12.3 Å². The highest BCUT2D eigenvalue weighted by Gasteiger charge is 2.21. The van der Waals surface area contributed by atoms with Crippen LogP contribution in [-0.2, 0) is 10.0 Å². The van der Waals surface area contributed by atoms with E-state index in [0.717, 1.165) is 10.0 Å². The van der Waals surface area contributed by atoms with Crippen LogP contribution in [-0.4, -0.2) is 14.2 Å². The van der Waals surface area contributed by atoms with E-state index in [0.29, 0.717) is 5.69 Å². The predicted molar refractivity (Wildman–Crippen MR) is 75.7 cm³/mol. The van der Waals surface area contributed by atoms with Gasteiger partial charge in [0.1, 0.15) is 0 Å². The Morgan fingerprint density at radius 3 is 2.35 bits per heavy atom. The first kappa shape index (κ1) is 14.5. The Hall–Kier alpha value is -0.550. The highest BCUT2D eigenvalue weighted by atomic mass is 79.9. The van der Waals surface area contributed by atoms with Gasteiger partial charge in [0.25, 0.3) is 0 Å². The van der Waals surface area contributed by atoms with Crippen molar-refractivity contribution in [3.05, 3.63) is 28.2 Å². The smallest absolute Gasteiger partial charge is 0.233 e. The largest absolute Gasteiger partial charge is 0.283 e. The molecule has 3 nitrogen and oxygen atoms in total. The molecule has 1 rings (SSSR count). The van der Waals surface area contributed by atoms with Crippen LogP contribution in [0.2, 0.25) is 0 Å². The van der Waals surface area contributed by atoms with Crippen molar-refractivity contribution in [2.24, 2.45) is 5.41 Å². The molecule has 0 saturated heterocycles. The molecule has 1 aromatic rings. The Morgan fingerprint density at radius 2 is 1.88 bits per heavy atom. The second kappa shape index (κ2) is 4.98. The molecule has 0 unspecified atom stereocenters. The molecule has 0 bridgehead atoms. The average molecular weight is 320 g/mol. The van der Waals surface area contributed by atoms with Crippen LogP contribution in [0.3, 0.4) is 0 Å². The second-order valence-electron chi connectivity index (χ2n) is 5.38. The van der Waals surface area contributed by atoms with Crippen molar-refractivity contribution in [2.75, 3.05) is 10.5 Å². The van der Waals surface area contributed by atoms with Crippen molar-refractivity contribution < 1.29 is 8.42 Å². The van der Waals surface area contributed by atoms with Crippen LogP contribution >= 0.6 is 15.9 Å². The second-order valence-corrected chi connectivity index (χ2v) is 8.02. The quantitative estimate of drug-likeness (QED) is 0.926. The Bertz CT molecular complexity index is 504. The van der Waals surface area contributed by atoms with Crippen molar-refractivity contribution in [3.8, 4) is 0 Å². The summed E-state index contributed by atoms with van der Waals surface area (Å²) in [7, 11) is -3.29.